The van der Waals surface area contributed by atoms with Crippen LogP contribution in [0.3, 0.4) is 0 Å². The maximum atomic E-state index is 4.35. The Bertz CT molecular complexity index is 376. The highest BCUT2D eigenvalue weighted by molar-refractivity contribution is 8.00. The highest BCUT2D eigenvalue weighted by Crippen LogP contribution is 2.39. The van der Waals surface area contributed by atoms with Crippen LogP contribution >= 0.6 is 11.8 Å². The van der Waals surface area contributed by atoms with E-state index in [1.807, 2.05) is 12.5 Å². The number of hydrogen-bond donors (Lipinski definition) is 1. The van der Waals surface area contributed by atoms with Crippen molar-refractivity contribution in [3.05, 3.63) is 18.2 Å². The molecule has 0 aliphatic carbocycles. The van der Waals surface area contributed by atoms with Crippen LogP contribution in [0, 0.1) is 0 Å². The summed E-state index contributed by atoms with van der Waals surface area (Å²) in [6.07, 6.45) is 9.32. The van der Waals surface area contributed by atoms with Crippen molar-refractivity contribution < 1.29 is 0 Å². The average molecular weight is 251 g/mol. The lowest BCUT2D eigenvalue weighted by Gasteiger charge is -2.25. The van der Waals surface area contributed by atoms with Gasteiger partial charge in [-0.3, -0.25) is 0 Å². The molecule has 2 aliphatic heterocycles. The molecule has 2 unspecified atom stereocenters. The fourth-order valence-electron chi connectivity index (χ4n) is 3.01. The second-order valence-corrected chi connectivity index (χ2v) is 7.18. The topological polar surface area (TPSA) is 29.9 Å². The molecule has 0 spiro atoms. The Kier molecular flexibility index (Phi) is 3.17. The van der Waals surface area contributed by atoms with E-state index >= 15 is 0 Å². The van der Waals surface area contributed by atoms with Crippen LogP contribution < -0.4 is 5.32 Å². The highest BCUT2D eigenvalue weighted by atomic mass is 32.2. The van der Waals surface area contributed by atoms with Crippen LogP contribution in [0.15, 0.2) is 12.5 Å². The van der Waals surface area contributed by atoms with E-state index in [4.69, 9.17) is 0 Å². The lowest BCUT2D eigenvalue weighted by Crippen LogP contribution is -2.26. The number of rotatable bonds is 3. The quantitative estimate of drug-likeness (QED) is 0.895. The minimum Gasteiger partial charge on any atom is -0.332 e. The fraction of sp³-hybridized carbons (Fsp3) is 0.769. The van der Waals surface area contributed by atoms with Crippen molar-refractivity contribution in [3.8, 4) is 0 Å². The second-order valence-electron chi connectivity index (χ2n) is 5.50. The summed E-state index contributed by atoms with van der Waals surface area (Å²) in [6, 6.07) is 0.535. The number of aromatic nitrogens is 2. The Hall–Kier alpha value is -0.480. The minimum absolute atomic E-state index is 0.425. The summed E-state index contributed by atoms with van der Waals surface area (Å²) < 4.78 is 2.80. The van der Waals surface area contributed by atoms with Crippen molar-refractivity contribution in [2.24, 2.45) is 0 Å². The highest BCUT2D eigenvalue weighted by Gasteiger charge is 2.31. The summed E-state index contributed by atoms with van der Waals surface area (Å²) in [6.45, 7) is 4.67. The maximum absolute atomic E-state index is 4.35. The van der Waals surface area contributed by atoms with Crippen LogP contribution in [0.5, 0.6) is 0 Å². The molecule has 3 heterocycles. The molecule has 17 heavy (non-hydrogen) atoms. The normalized spacial score (nSPS) is 33.4. The third kappa shape index (κ3) is 2.38. The number of thioether (sulfide) groups is 1. The van der Waals surface area contributed by atoms with Gasteiger partial charge in [-0.15, -0.1) is 0 Å². The molecule has 3 nitrogen and oxygen atoms in total. The van der Waals surface area contributed by atoms with Gasteiger partial charge >= 0.3 is 0 Å². The van der Waals surface area contributed by atoms with Crippen molar-refractivity contribution in [1.29, 1.82) is 0 Å². The molecule has 0 radical (unpaired) electrons. The van der Waals surface area contributed by atoms with Crippen LogP contribution in [0.4, 0.5) is 0 Å². The molecule has 0 saturated carbocycles. The molecule has 2 aliphatic rings. The lowest BCUT2D eigenvalue weighted by atomic mass is 10.1. The first-order valence-electron chi connectivity index (χ1n) is 6.64. The van der Waals surface area contributed by atoms with E-state index in [1.54, 1.807) is 0 Å². The first-order valence-corrected chi connectivity index (χ1v) is 7.63. The summed E-state index contributed by atoms with van der Waals surface area (Å²) in [5.41, 5.74) is 1.39. The van der Waals surface area contributed by atoms with Crippen molar-refractivity contribution in [2.75, 3.05) is 12.3 Å². The van der Waals surface area contributed by atoms with E-state index in [1.165, 1.54) is 37.1 Å². The molecular weight excluding hydrogens is 230 g/mol. The van der Waals surface area contributed by atoms with E-state index in [-0.39, 0.29) is 0 Å². The van der Waals surface area contributed by atoms with Gasteiger partial charge in [0.2, 0.25) is 0 Å². The van der Waals surface area contributed by atoms with Gasteiger partial charge in [0.25, 0.3) is 0 Å². The number of nitrogens with zero attached hydrogens (tertiary/aromatic N) is 2. The molecule has 1 aromatic rings. The molecule has 94 valence electrons. The van der Waals surface area contributed by atoms with Crippen LogP contribution in [0.25, 0.3) is 0 Å². The number of imidazole rings is 1. The van der Waals surface area contributed by atoms with Gasteiger partial charge in [-0.25, -0.2) is 4.98 Å². The first-order chi connectivity index (χ1) is 8.27. The minimum atomic E-state index is 0.425. The van der Waals surface area contributed by atoms with Gasteiger partial charge in [0, 0.05) is 23.5 Å². The van der Waals surface area contributed by atoms with Crippen LogP contribution in [-0.2, 0) is 6.54 Å². The van der Waals surface area contributed by atoms with Crippen LogP contribution in [0.2, 0.25) is 0 Å². The predicted octanol–water partition coefficient (Wildman–Crippen LogP) is 2.59. The molecule has 0 aromatic carbocycles. The van der Waals surface area contributed by atoms with Gasteiger partial charge < -0.3 is 9.88 Å². The standard InChI is InChI=1S/C13H21N3S/c1-13(5-3-7-17-13)9-16-10-14-8-12(16)11-4-2-6-15-11/h8,10-11,15H,2-7,9H2,1H3. The summed E-state index contributed by atoms with van der Waals surface area (Å²) in [4.78, 5) is 4.35. The lowest BCUT2D eigenvalue weighted by molar-refractivity contribution is 0.478. The molecule has 1 aromatic heterocycles. The van der Waals surface area contributed by atoms with Crippen molar-refractivity contribution in [1.82, 2.24) is 14.9 Å². The number of hydrogen-bond acceptors (Lipinski definition) is 3. The first kappa shape index (κ1) is 11.6. The molecule has 1 N–H and O–H groups in total. The number of nitrogens with one attached hydrogen (secondary N) is 1. The Balaban J connectivity index is 1.76. The summed E-state index contributed by atoms with van der Waals surface area (Å²) in [5.74, 6) is 1.32. The summed E-state index contributed by atoms with van der Waals surface area (Å²) >= 11 is 2.13. The average Bonchev–Trinajstić information content (AvgIpc) is 2.98. The molecule has 4 heteroatoms. The van der Waals surface area contributed by atoms with Crippen molar-refractivity contribution >= 4 is 11.8 Å². The second kappa shape index (κ2) is 4.65. The van der Waals surface area contributed by atoms with Gasteiger partial charge in [0.05, 0.1) is 12.0 Å². The van der Waals surface area contributed by atoms with Gasteiger partial charge in [-0.1, -0.05) is 0 Å². The van der Waals surface area contributed by atoms with E-state index < -0.39 is 0 Å². The summed E-state index contributed by atoms with van der Waals surface area (Å²) in [7, 11) is 0. The van der Waals surface area contributed by atoms with Crippen LogP contribution in [0.1, 0.15) is 44.3 Å². The van der Waals surface area contributed by atoms with E-state index in [9.17, 15) is 0 Å². The van der Waals surface area contributed by atoms with Crippen molar-refractivity contribution in [2.45, 2.75) is 49.9 Å². The molecule has 2 saturated heterocycles. The monoisotopic (exact) mass is 251 g/mol. The SMILES string of the molecule is CC1(Cn2cncc2C2CCCN2)CCCS1. The van der Waals surface area contributed by atoms with Crippen LogP contribution in [-0.4, -0.2) is 26.6 Å². The molecule has 2 fully saturated rings. The third-order valence-electron chi connectivity index (χ3n) is 3.97. The molecule has 0 amide bonds. The largest absolute Gasteiger partial charge is 0.332 e. The van der Waals surface area contributed by atoms with E-state index in [0.29, 0.717) is 10.8 Å². The Labute approximate surface area is 107 Å². The van der Waals surface area contributed by atoms with Crippen molar-refractivity contribution in [3.63, 3.8) is 0 Å². The Morgan fingerprint density at radius 3 is 3.24 bits per heavy atom. The van der Waals surface area contributed by atoms with Gasteiger partial charge in [-0.05, 0) is 44.9 Å². The third-order valence-corrected chi connectivity index (χ3v) is 5.49. The maximum Gasteiger partial charge on any atom is 0.0949 e. The van der Waals surface area contributed by atoms with E-state index in [2.05, 4.69) is 33.6 Å². The van der Waals surface area contributed by atoms with E-state index in [0.717, 1.165) is 13.1 Å². The fourth-order valence-corrected chi connectivity index (χ4v) is 4.31. The molecule has 2 atom stereocenters. The van der Waals surface area contributed by atoms with Gasteiger partial charge in [0.1, 0.15) is 0 Å². The Morgan fingerprint density at radius 1 is 1.59 bits per heavy atom. The zero-order chi connectivity index (χ0) is 11.7. The molecule has 3 rings (SSSR count). The molecular formula is C13H21N3S. The van der Waals surface area contributed by atoms with Gasteiger partial charge in [0.15, 0.2) is 0 Å². The zero-order valence-corrected chi connectivity index (χ0v) is 11.3. The predicted molar refractivity (Wildman–Crippen MR) is 72.3 cm³/mol. The summed E-state index contributed by atoms with van der Waals surface area (Å²) in [5, 5.41) is 3.57. The Morgan fingerprint density at radius 2 is 2.53 bits per heavy atom. The molecule has 0 bridgehead atoms. The smallest absolute Gasteiger partial charge is 0.0949 e. The van der Waals surface area contributed by atoms with Gasteiger partial charge in [-0.2, -0.15) is 11.8 Å². The zero-order valence-electron chi connectivity index (χ0n) is 10.5.